The SMILES string of the molecule is CC1SC(N)=N[C@H]1Cc1ccccc1. The second-order valence-corrected chi connectivity index (χ2v) is 4.94. The van der Waals surface area contributed by atoms with E-state index in [1.807, 2.05) is 6.07 Å². The Morgan fingerprint density at radius 2 is 2.07 bits per heavy atom. The summed E-state index contributed by atoms with van der Waals surface area (Å²) in [6.45, 7) is 2.18. The van der Waals surface area contributed by atoms with E-state index in [4.69, 9.17) is 5.73 Å². The van der Waals surface area contributed by atoms with E-state index in [1.54, 1.807) is 11.8 Å². The van der Waals surface area contributed by atoms with E-state index in [2.05, 4.69) is 36.2 Å². The summed E-state index contributed by atoms with van der Waals surface area (Å²) in [6, 6.07) is 10.8. The van der Waals surface area contributed by atoms with Crippen LogP contribution in [0.5, 0.6) is 0 Å². The largest absolute Gasteiger partial charge is 0.379 e. The average Bonchev–Trinajstić information content (AvgIpc) is 2.47. The van der Waals surface area contributed by atoms with Crippen LogP contribution in [0.25, 0.3) is 0 Å². The summed E-state index contributed by atoms with van der Waals surface area (Å²) in [6.07, 6.45) is 0.996. The number of aliphatic imine (C=N–C) groups is 1. The molecule has 1 unspecified atom stereocenters. The van der Waals surface area contributed by atoms with Crippen LogP contribution in [-0.2, 0) is 6.42 Å². The molecule has 0 bridgehead atoms. The second-order valence-electron chi connectivity index (χ2n) is 3.55. The van der Waals surface area contributed by atoms with Crippen molar-refractivity contribution in [2.24, 2.45) is 10.7 Å². The lowest BCUT2D eigenvalue weighted by Gasteiger charge is -2.11. The molecule has 0 saturated carbocycles. The van der Waals surface area contributed by atoms with Gasteiger partial charge >= 0.3 is 0 Å². The second kappa shape index (κ2) is 4.05. The molecule has 74 valence electrons. The molecule has 0 aliphatic carbocycles. The molecule has 0 saturated heterocycles. The van der Waals surface area contributed by atoms with E-state index in [1.165, 1.54) is 5.56 Å². The van der Waals surface area contributed by atoms with Crippen molar-refractivity contribution in [1.29, 1.82) is 0 Å². The van der Waals surface area contributed by atoms with Crippen molar-refractivity contribution in [2.45, 2.75) is 24.6 Å². The fraction of sp³-hybridized carbons (Fsp3) is 0.364. The van der Waals surface area contributed by atoms with E-state index in [9.17, 15) is 0 Å². The lowest BCUT2D eigenvalue weighted by atomic mass is 10.0. The standard InChI is InChI=1S/C11H14N2S/c1-8-10(13-11(12)14-8)7-9-5-3-2-4-6-9/h2-6,8,10H,7H2,1H3,(H2,12,13)/t8?,10-/m0/s1. The van der Waals surface area contributed by atoms with Crippen LogP contribution in [0.4, 0.5) is 0 Å². The van der Waals surface area contributed by atoms with Gasteiger partial charge in [-0.3, -0.25) is 4.99 Å². The number of thioether (sulfide) groups is 1. The van der Waals surface area contributed by atoms with Gasteiger partial charge in [0.15, 0.2) is 5.17 Å². The molecule has 3 heteroatoms. The van der Waals surface area contributed by atoms with Gasteiger partial charge in [-0.15, -0.1) is 0 Å². The average molecular weight is 206 g/mol. The van der Waals surface area contributed by atoms with Crippen molar-refractivity contribution in [3.05, 3.63) is 35.9 Å². The van der Waals surface area contributed by atoms with Crippen LogP contribution in [-0.4, -0.2) is 16.5 Å². The molecule has 1 aromatic carbocycles. The highest BCUT2D eigenvalue weighted by Crippen LogP contribution is 2.26. The van der Waals surface area contributed by atoms with Gasteiger partial charge in [0.05, 0.1) is 6.04 Å². The number of nitrogens with zero attached hydrogens (tertiary/aromatic N) is 1. The van der Waals surface area contributed by atoms with Crippen LogP contribution in [0, 0.1) is 0 Å². The monoisotopic (exact) mass is 206 g/mol. The van der Waals surface area contributed by atoms with Crippen molar-refractivity contribution in [1.82, 2.24) is 0 Å². The number of benzene rings is 1. The van der Waals surface area contributed by atoms with Crippen molar-refractivity contribution >= 4 is 16.9 Å². The predicted molar refractivity (Wildman–Crippen MR) is 62.6 cm³/mol. The number of amidine groups is 1. The van der Waals surface area contributed by atoms with Crippen LogP contribution < -0.4 is 5.73 Å². The summed E-state index contributed by atoms with van der Waals surface area (Å²) in [5.74, 6) is 0. The summed E-state index contributed by atoms with van der Waals surface area (Å²) in [4.78, 5) is 4.42. The Morgan fingerprint density at radius 3 is 2.64 bits per heavy atom. The Balaban J connectivity index is 2.05. The van der Waals surface area contributed by atoms with Crippen LogP contribution >= 0.6 is 11.8 Å². The first-order valence-electron chi connectivity index (χ1n) is 4.79. The Kier molecular flexibility index (Phi) is 2.77. The molecule has 1 heterocycles. The number of hydrogen-bond donors (Lipinski definition) is 1. The molecular formula is C11H14N2S. The molecule has 0 radical (unpaired) electrons. The smallest absolute Gasteiger partial charge is 0.154 e. The maximum atomic E-state index is 5.68. The van der Waals surface area contributed by atoms with E-state index >= 15 is 0 Å². The van der Waals surface area contributed by atoms with E-state index in [0.717, 1.165) is 11.6 Å². The summed E-state index contributed by atoms with van der Waals surface area (Å²) >= 11 is 1.68. The lowest BCUT2D eigenvalue weighted by Crippen LogP contribution is -2.16. The lowest BCUT2D eigenvalue weighted by molar-refractivity contribution is 0.675. The number of nitrogens with two attached hydrogens (primary N) is 1. The van der Waals surface area contributed by atoms with Gasteiger partial charge in [-0.1, -0.05) is 49.0 Å². The molecule has 2 N–H and O–H groups in total. The van der Waals surface area contributed by atoms with Crippen LogP contribution in [0.2, 0.25) is 0 Å². The molecule has 1 aliphatic heterocycles. The van der Waals surface area contributed by atoms with Gasteiger partial charge in [-0.2, -0.15) is 0 Å². The molecule has 1 aromatic rings. The summed E-state index contributed by atoms with van der Waals surface area (Å²) in [5, 5.41) is 1.24. The van der Waals surface area contributed by atoms with Gasteiger partial charge < -0.3 is 5.73 Å². The molecule has 2 rings (SSSR count). The molecule has 2 atom stereocenters. The minimum Gasteiger partial charge on any atom is -0.379 e. The first-order chi connectivity index (χ1) is 6.75. The van der Waals surface area contributed by atoms with Crippen molar-refractivity contribution < 1.29 is 0 Å². The van der Waals surface area contributed by atoms with Crippen LogP contribution in [0.3, 0.4) is 0 Å². The zero-order chi connectivity index (χ0) is 9.97. The van der Waals surface area contributed by atoms with Gasteiger partial charge in [0.2, 0.25) is 0 Å². The van der Waals surface area contributed by atoms with Gasteiger partial charge in [0.1, 0.15) is 0 Å². The Bertz CT molecular complexity index is 334. The Hall–Kier alpha value is -0.960. The highest BCUT2D eigenvalue weighted by Gasteiger charge is 2.24. The quantitative estimate of drug-likeness (QED) is 0.804. The summed E-state index contributed by atoms with van der Waals surface area (Å²) in [5.41, 5.74) is 7.02. The van der Waals surface area contributed by atoms with Crippen molar-refractivity contribution in [3.8, 4) is 0 Å². The van der Waals surface area contributed by atoms with E-state index in [0.29, 0.717) is 11.3 Å². The fourth-order valence-electron chi connectivity index (χ4n) is 1.64. The zero-order valence-corrected chi connectivity index (χ0v) is 9.00. The minimum absolute atomic E-state index is 0.349. The minimum atomic E-state index is 0.349. The number of rotatable bonds is 2. The van der Waals surface area contributed by atoms with Crippen LogP contribution in [0.15, 0.2) is 35.3 Å². The highest BCUT2D eigenvalue weighted by molar-refractivity contribution is 8.14. The maximum absolute atomic E-state index is 5.68. The molecule has 0 spiro atoms. The topological polar surface area (TPSA) is 38.4 Å². The third-order valence-electron chi connectivity index (χ3n) is 2.43. The molecule has 0 fully saturated rings. The number of hydrogen-bond acceptors (Lipinski definition) is 3. The van der Waals surface area contributed by atoms with Gasteiger partial charge in [0.25, 0.3) is 0 Å². The highest BCUT2D eigenvalue weighted by atomic mass is 32.2. The maximum Gasteiger partial charge on any atom is 0.154 e. The molecule has 14 heavy (non-hydrogen) atoms. The first-order valence-corrected chi connectivity index (χ1v) is 5.67. The van der Waals surface area contributed by atoms with E-state index in [-0.39, 0.29) is 0 Å². The van der Waals surface area contributed by atoms with Gasteiger partial charge in [0, 0.05) is 5.25 Å². The fourth-order valence-corrected chi connectivity index (χ4v) is 2.53. The van der Waals surface area contributed by atoms with Gasteiger partial charge in [-0.25, -0.2) is 0 Å². The Labute approximate surface area is 88.6 Å². The van der Waals surface area contributed by atoms with Crippen LogP contribution in [0.1, 0.15) is 12.5 Å². The normalized spacial score (nSPS) is 26.2. The molecule has 1 aliphatic rings. The summed E-state index contributed by atoms with van der Waals surface area (Å²) in [7, 11) is 0. The third-order valence-corrected chi connectivity index (χ3v) is 3.46. The Morgan fingerprint density at radius 1 is 1.36 bits per heavy atom. The molecule has 0 aromatic heterocycles. The first kappa shape index (κ1) is 9.59. The summed E-state index contributed by atoms with van der Waals surface area (Å²) < 4.78 is 0. The molecular weight excluding hydrogens is 192 g/mol. The molecule has 0 amide bonds. The van der Waals surface area contributed by atoms with Crippen molar-refractivity contribution in [3.63, 3.8) is 0 Å². The molecule has 2 nitrogen and oxygen atoms in total. The van der Waals surface area contributed by atoms with Crippen molar-refractivity contribution in [2.75, 3.05) is 0 Å². The zero-order valence-electron chi connectivity index (χ0n) is 8.18. The van der Waals surface area contributed by atoms with Gasteiger partial charge in [-0.05, 0) is 12.0 Å². The predicted octanol–water partition coefficient (Wildman–Crippen LogP) is 2.05. The third kappa shape index (κ3) is 2.10. The van der Waals surface area contributed by atoms with E-state index < -0.39 is 0 Å².